The molecule has 1 aromatic heterocycles. The van der Waals surface area contributed by atoms with E-state index < -0.39 is 11.4 Å². The van der Waals surface area contributed by atoms with Crippen LogP contribution in [0.2, 0.25) is 5.02 Å². The zero-order valence-electron chi connectivity index (χ0n) is 16.6. The van der Waals surface area contributed by atoms with Crippen LogP contribution in [0, 0.1) is 5.92 Å². The molecule has 0 spiro atoms. The minimum atomic E-state index is -1.24. The van der Waals surface area contributed by atoms with Gasteiger partial charge in [0.15, 0.2) is 5.43 Å². The fourth-order valence-electron chi connectivity index (χ4n) is 3.55. The second-order valence-corrected chi connectivity index (χ2v) is 8.88. The van der Waals surface area contributed by atoms with Crippen LogP contribution in [0.15, 0.2) is 29.2 Å². The Morgan fingerprint density at radius 3 is 2.62 bits per heavy atom. The Labute approximate surface area is 173 Å². The summed E-state index contributed by atoms with van der Waals surface area (Å²) in [5, 5.41) is 11.9. The number of aromatic carboxylic acids is 1. The summed E-state index contributed by atoms with van der Waals surface area (Å²) in [5.41, 5.74) is 1.25. The molecule has 2 aliphatic heterocycles. The Balaban J connectivity index is 1.81. The molecule has 1 saturated heterocycles. The van der Waals surface area contributed by atoms with Gasteiger partial charge in [-0.05, 0) is 38.5 Å². The first kappa shape index (κ1) is 19.8. The number of hydrogen-bond acceptors (Lipinski definition) is 5. The summed E-state index contributed by atoms with van der Waals surface area (Å²) in [7, 11) is 0. The summed E-state index contributed by atoms with van der Waals surface area (Å²) >= 11 is 6.47. The quantitative estimate of drug-likeness (QED) is 0.821. The molecule has 0 bridgehead atoms. The van der Waals surface area contributed by atoms with Gasteiger partial charge in [0.25, 0.3) is 0 Å². The molecule has 0 atom stereocenters. The van der Waals surface area contributed by atoms with Crippen LogP contribution in [-0.2, 0) is 11.3 Å². The van der Waals surface area contributed by atoms with Gasteiger partial charge in [-0.15, -0.1) is 0 Å². The maximum absolute atomic E-state index is 12.4. The van der Waals surface area contributed by atoms with Crippen molar-refractivity contribution >= 4 is 17.6 Å². The van der Waals surface area contributed by atoms with Gasteiger partial charge >= 0.3 is 5.97 Å². The lowest BCUT2D eigenvalue weighted by atomic mass is 9.97. The molecule has 154 valence electrons. The number of halogens is 1. The lowest BCUT2D eigenvalue weighted by Crippen LogP contribution is -2.51. The van der Waals surface area contributed by atoms with Crippen molar-refractivity contribution in [2.75, 3.05) is 24.8 Å². The molecule has 0 radical (unpaired) electrons. The number of rotatable bonds is 4. The van der Waals surface area contributed by atoms with E-state index in [9.17, 15) is 14.7 Å². The summed E-state index contributed by atoms with van der Waals surface area (Å²) in [4.78, 5) is 23.9. The molecule has 1 fully saturated rings. The zero-order chi connectivity index (χ0) is 20.9. The molecule has 3 heterocycles. The topological polar surface area (TPSA) is 81.0 Å². The number of pyridine rings is 1. The molecular weight excluding hydrogens is 396 g/mol. The van der Waals surface area contributed by atoms with Gasteiger partial charge in [0.1, 0.15) is 11.3 Å². The van der Waals surface area contributed by atoms with Gasteiger partial charge in [-0.1, -0.05) is 11.6 Å². The molecule has 0 amide bonds. The second-order valence-electron chi connectivity index (χ2n) is 8.47. The van der Waals surface area contributed by atoms with E-state index in [2.05, 4.69) is 0 Å². The number of aromatic nitrogens is 1. The van der Waals surface area contributed by atoms with Crippen molar-refractivity contribution in [3.05, 3.63) is 50.8 Å². The Hall–Kier alpha value is -2.51. The molecule has 0 saturated carbocycles. The summed E-state index contributed by atoms with van der Waals surface area (Å²) in [6.45, 7) is 8.55. The highest BCUT2D eigenvalue weighted by molar-refractivity contribution is 6.32. The fourth-order valence-corrected chi connectivity index (χ4v) is 3.76. The zero-order valence-corrected chi connectivity index (χ0v) is 17.3. The lowest BCUT2D eigenvalue weighted by molar-refractivity contribution is -0.0508. The van der Waals surface area contributed by atoms with Gasteiger partial charge in [-0.2, -0.15) is 0 Å². The third-order valence-corrected chi connectivity index (χ3v) is 5.53. The number of nitrogens with zero attached hydrogens (tertiary/aromatic N) is 2. The largest absolute Gasteiger partial charge is 0.492 e. The average molecular weight is 419 g/mol. The molecule has 1 aromatic carbocycles. The Bertz CT molecular complexity index is 1040. The van der Waals surface area contributed by atoms with Crippen LogP contribution >= 0.6 is 11.6 Å². The number of carbonyl (C=O) groups is 1. The van der Waals surface area contributed by atoms with Crippen molar-refractivity contribution in [2.24, 2.45) is 5.92 Å². The molecular formula is C21H23ClN2O5. The fraction of sp³-hybridized carbons (Fsp3) is 0.429. The molecule has 1 N–H and O–H groups in total. The molecule has 0 aliphatic carbocycles. The minimum Gasteiger partial charge on any atom is -0.492 e. The molecule has 7 nitrogen and oxygen atoms in total. The predicted octanol–water partition coefficient (Wildman–Crippen LogP) is 3.14. The van der Waals surface area contributed by atoms with Crippen molar-refractivity contribution < 1.29 is 19.4 Å². The third kappa shape index (κ3) is 3.60. The Kier molecular flexibility index (Phi) is 4.83. The number of benzene rings is 1. The third-order valence-electron chi connectivity index (χ3n) is 5.23. The van der Waals surface area contributed by atoms with E-state index in [1.807, 2.05) is 31.8 Å². The summed E-state index contributed by atoms with van der Waals surface area (Å²) in [5.74, 6) is -0.266. The van der Waals surface area contributed by atoms with Crippen LogP contribution in [0.5, 0.6) is 5.75 Å². The van der Waals surface area contributed by atoms with Crippen LogP contribution in [0.1, 0.15) is 36.7 Å². The number of carboxylic acids is 1. The Morgan fingerprint density at radius 2 is 2.03 bits per heavy atom. The number of carboxylic acid groups (broad SMARTS) is 1. The summed E-state index contributed by atoms with van der Waals surface area (Å²) in [6.07, 6.45) is 1.39. The van der Waals surface area contributed by atoms with E-state index in [1.54, 1.807) is 10.7 Å². The highest BCUT2D eigenvalue weighted by Crippen LogP contribution is 2.38. The average Bonchev–Trinajstić information content (AvgIpc) is 2.59. The van der Waals surface area contributed by atoms with Crippen molar-refractivity contribution in [1.29, 1.82) is 0 Å². The summed E-state index contributed by atoms with van der Waals surface area (Å²) < 4.78 is 12.8. The molecule has 8 heteroatoms. The van der Waals surface area contributed by atoms with Gasteiger partial charge in [0.05, 0.1) is 37.1 Å². The SMILES string of the molecule is CC(C)(C)N1Cc2cc(OCC3COC3)c(Cl)cc2-c2cc(=O)c(C(=O)O)cn21. The van der Waals surface area contributed by atoms with Crippen LogP contribution in [0.3, 0.4) is 0 Å². The van der Waals surface area contributed by atoms with Gasteiger partial charge in [-0.3, -0.25) is 9.47 Å². The smallest absolute Gasteiger partial charge is 0.341 e. The maximum Gasteiger partial charge on any atom is 0.341 e. The lowest BCUT2D eigenvalue weighted by Gasteiger charge is -2.44. The van der Waals surface area contributed by atoms with E-state index in [-0.39, 0.29) is 11.1 Å². The molecule has 2 aromatic rings. The van der Waals surface area contributed by atoms with Crippen molar-refractivity contribution in [3.8, 4) is 17.0 Å². The van der Waals surface area contributed by atoms with Crippen LogP contribution < -0.4 is 15.2 Å². The minimum absolute atomic E-state index is 0.264. The van der Waals surface area contributed by atoms with Crippen molar-refractivity contribution in [1.82, 2.24) is 4.68 Å². The first-order valence-corrected chi connectivity index (χ1v) is 9.84. The maximum atomic E-state index is 12.4. The summed E-state index contributed by atoms with van der Waals surface area (Å²) in [6, 6.07) is 5.06. The highest BCUT2D eigenvalue weighted by Gasteiger charge is 2.31. The van der Waals surface area contributed by atoms with Crippen LogP contribution in [-0.4, -0.2) is 41.1 Å². The van der Waals surface area contributed by atoms with Gasteiger partial charge in [0.2, 0.25) is 0 Å². The van der Waals surface area contributed by atoms with E-state index in [0.29, 0.717) is 48.7 Å². The van der Waals surface area contributed by atoms with Gasteiger partial charge in [-0.25, -0.2) is 4.79 Å². The molecule has 2 aliphatic rings. The van der Waals surface area contributed by atoms with E-state index in [4.69, 9.17) is 21.1 Å². The van der Waals surface area contributed by atoms with E-state index in [0.717, 1.165) is 11.1 Å². The number of fused-ring (bicyclic) bond motifs is 3. The highest BCUT2D eigenvalue weighted by atomic mass is 35.5. The first-order valence-electron chi connectivity index (χ1n) is 9.46. The standard InChI is InChI=1S/C21H23ClN2O5/c1-21(2,3)24-7-13-4-19(29-11-12-9-28-10-12)16(22)5-14(13)17-6-18(25)15(20(26)27)8-23(17)24/h4-6,8,12H,7,9-11H2,1-3H3,(H,26,27). The second kappa shape index (κ2) is 7.07. The van der Waals surface area contributed by atoms with E-state index in [1.165, 1.54) is 12.3 Å². The van der Waals surface area contributed by atoms with E-state index >= 15 is 0 Å². The van der Waals surface area contributed by atoms with Crippen LogP contribution in [0.4, 0.5) is 0 Å². The number of ether oxygens (including phenoxy) is 2. The van der Waals surface area contributed by atoms with Gasteiger partial charge in [0, 0.05) is 29.3 Å². The normalized spacial score (nSPS) is 16.1. The monoisotopic (exact) mass is 418 g/mol. The molecule has 0 unspecified atom stereocenters. The van der Waals surface area contributed by atoms with Gasteiger partial charge < -0.3 is 19.6 Å². The number of hydrogen-bond donors (Lipinski definition) is 1. The first-order chi connectivity index (χ1) is 13.6. The van der Waals surface area contributed by atoms with Crippen molar-refractivity contribution in [3.63, 3.8) is 0 Å². The van der Waals surface area contributed by atoms with Crippen molar-refractivity contribution in [2.45, 2.75) is 32.9 Å². The Morgan fingerprint density at radius 1 is 1.31 bits per heavy atom. The van der Waals surface area contributed by atoms with Crippen LogP contribution in [0.25, 0.3) is 11.3 Å². The molecule has 4 rings (SSSR count). The predicted molar refractivity (Wildman–Crippen MR) is 110 cm³/mol. The molecule has 29 heavy (non-hydrogen) atoms.